The summed E-state index contributed by atoms with van der Waals surface area (Å²) in [6.07, 6.45) is 2.86. The molecule has 0 radical (unpaired) electrons. The van der Waals surface area contributed by atoms with Crippen molar-refractivity contribution in [2.24, 2.45) is 0 Å². The van der Waals surface area contributed by atoms with Crippen LogP contribution in [0, 0.1) is 0 Å². The van der Waals surface area contributed by atoms with Crippen molar-refractivity contribution in [3.8, 4) is 0 Å². The Morgan fingerprint density at radius 3 is 1.71 bits per heavy atom. The van der Waals surface area contributed by atoms with Gasteiger partial charge < -0.3 is 14.4 Å². The molecule has 0 aliphatic carbocycles. The topological polar surface area (TPSA) is 42.0 Å². The second kappa shape index (κ2) is 13.6. The second-order valence-electron chi connectivity index (χ2n) is 11.2. The molecule has 38 heavy (non-hydrogen) atoms. The Balaban J connectivity index is 1.71. The lowest BCUT2D eigenvalue weighted by atomic mass is 10.0. The minimum atomic E-state index is -0.739. The Kier molecular flexibility index (Phi) is 9.97. The Labute approximate surface area is 228 Å². The van der Waals surface area contributed by atoms with E-state index in [1.807, 2.05) is 43.9 Å². The van der Waals surface area contributed by atoms with Gasteiger partial charge in [-0.05, 0) is 63.1 Å². The van der Waals surface area contributed by atoms with Crippen molar-refractivity contribution in [2.45, 2.75) is 77.5 Å². The summed E-state index contributed by atoms with van der Waals surface area (Å²) in [6, 6.07) is 31.2. The van der Waals surface area contributed by atoms with E-state index < -0.39 is 11.9 Å². The fraction of sp³-hybridized carbons (Fsp3) is 0.424. The zero-order chi connectivity index (χ0) is 26.8. The average Bonchev–Trinajstić information content (AvgIpc) is 2.92. The molecule has 0 N–H and O–H groups in total. The molecule has 1 aliphatic heterocycles. The number of hydrogen-bond acceptors (Lipinski definition) is 4. The molecule has 1 aliphatic rings. The predicted octanol–water partition coefficient (Wildman–Crippen LogP) is 7.06. The van der Waals surface area contributed by atoms with Crippen LogP contribution in [0.15, 0.2) is 91.0 Å². The summed E-state index contributed by atoms with van der Waals surface area (Å²) < 4.78 is 12.9. The summed E-state index contributed by atoms with van der Waals surface area (Å²) in [4.78, 5) is 17.6. The quantitative estimate of drug-likeness (QED) is 0.272. The van der Waals surface area contributed by atoms with E-state index in [0.717, 1.165) is 32.4 Å². The molecule has 0 bridgehead atoms. The van der Waals surface area contributed by atoms with Crippen molar-refractivity contribution >= 4 is 6.09 Å². The molecule has 0 saturated carbocycles. The molecule has 3 aromatic carbocycles. The van der Waals surface area contributed by atoms with Crippen LogP contribution in [0.5, 0.6) is 0 Å². The van der Waals surface area contributed by atoms with Crippen molar-refractivity contribution < 1.29 is 14.3 Å². The lowest BCUT2D eigenvalue weighted by Gasteiger charge is -2.40. The largest absolute Gasteiger partial charge is 0.418 e. The van der Waals surface area contributed by atoms with E-state index in [2.05, 4.69) is 77.7 Å². The van der Waals surface area contributed by atoms with Gasteiger partial charge in [-0.15, -0.1) is 0 Å². The molecule has 2 unspecified atom stereocenters. The van der Waals surface area contributed by atoms with Crippen LogP contribution in [0.4, 0.5) is 4.79 Å². The Bertz CT molecular complexity index is 1050. The summed E-state index contributed by atoms with van der Waals surface area (Å²) in [5.41, 5.74) is 3.10. The molecule has 5 heteroatoms. The second-order valence-corrected chi connectivity index (χ2v) is 11.2. The van der Waals surface area contributed by atoms with Crippen molar-refractivity contribution in [3.05, 3.63) is 108 Å². The molecule has 1 heterocycles. The van der Waals surface area contributed by atoms with Gasteiger partial charge in [0.25, 0.3) is 0 Å². The highest BCUT2D eigenvalue weighted by Crippen LogP contribution is 2.26. The van der Waals surface area contributed by atoms with Gasteiger partial charge in [-0.2, -0.15) is 0 Å². The number of nitrogens with zero attached hydrogens (tertiary/aromatic N) is 2. The number of amides is 1. The van der Waals surface area contributed by atoms with Gasteiger partial charge in [0, 0.05) is 26.2 Å². The highest BCUT2D eigenvalue weighted by atomic mass is 16.7. The van der Waals surface area contributed by atoms with Crippen LogP contribution in [-0.2, 0) is 29.0 Å². The molecular formula is C33H42N2O3. The lowest BCUT2D eigenvalue weighted by Crippen LogP contribution is -2.51. The van der Waals surface area contributed by atoms with E-state index in [1.165, 1.54) is 16.7 Å². The molecule has 3 aromatic rings. The third-order valence-corrected chi connectivity index (χ3v) is 6.83. The zero-order valence-corrected chi connectivity index (χ0v) is 23.1. The minimum Gasteiger partial charge on any atom is -0.418 e. The molecule has 1 fully saturated rings. The third-order valence-electron chi connectivity index (χ3n) is 6.83. The van der Waals surface area contributed by atoms with E-state index in [1.54, 1.807) is 0 Å². The first kappa shape index (κ1) is 27.9. The molecule has 0 spiro atoms. The van der Waals surface area contributed by atoms with Crippen LogP contribution >= 0.6 is 0 Å². The predicted molar refractivity (Wildman–Crippen MR) is 153 cm³/mol. The van der Waals surface area contributed by atoms with Gasteiger partial charge in [-0.1, -0.05) is 91.0 Å². The van der Waals surface area contributed by atoms with Gasteiger partial charge in [0.2, 0.25) is 6.29 Å². The molecule has 4 rings (SSSR count). The van der Waals surface area contributed by atoms with E-state index in [0.29, 0.717) is 19.5 Å². The van der Waals surface area contributed by atoms with Crippen molar-refractivity contribution in [3.63, 3.8) is 0 Å². The number of hydrogen-bond donors (Lipinski definition) is 0. The van der Waals surface area contributed by atoms with Crippen molar-refractivity contribution in [1.82, 2.24) is 9.80 Å². The van der Waals surface area contributed by atoms with Gasteiger partial charge >= 0.3 is 6.09 Å². The molecule has 1 amide bonds. The Morgan fingerprint density at radius 1 is 0.763 bits per heavy atom. The summed E-state index contributed by atoms with van der Waals surface area (Å²) in [5.74, 6) is 0. The van der Waals surface area contributed by atoms with Crippen LogP contribution in [-0.4, -0.2) is 46.9 Å². The van der Waals surface area contributed by atoms with Gasteiger partial charge in [-0.25, -0.2) is 4.79 Å². The first-order valence-corrected chi connectivity index (χ1v) is 13.9. The summed E-state index contributed by atoms with van der Waals surface area (Å²) >= 11 is 0. The number of ether oxygens (including phenoxy) is 2. The number of piperidine rings is 1. The third kappa shape index (κ3) is 8.71. The van der Waals surface area contributed by atoms with Crippen LogP contribution < -0.4 is 0 Å². The molecular weight excluding hydrogens is 472 g/mol. The van der Waals surface area contributed by atoms with Crippen molar-refractivity contribution in [1.29, 1.82) is 0 Å². The maximum atomic E-state index is 13.4. The summed E-state index contributed by atoms with van der Waals surface area (Å²) in [7, 11) is 0. The van der Waals surface area contributed by atoms with Gasteiger partial charge in [0.05, 0.1) is 11.6 Å². The van der Waals surface area contributed by atoms with Gasteiger partial charge in [-0.3, -0.25) is 4.90 Å². The number of likely N-dealkylation sites (tertiary alicyclic amines) is 1. The lowest BCUT2D eigenvalue weighted by molar-refractivity contribution is -0.202. The summed E-state index contributed by atoms with van der Waals surface area (Å²) in [6.45, 7) is 8.95. The molecule has 202 valence electrons. The normalized spacial score (nSPS) is 15.7. The number of benzene rings is 3. The van der Waals surface area contributed by atoms with Gasteiger partial charge in [0.1, 0.15) is 0 Å². The Morgan fingerprint density at radius 2 is 1.24 bits per heavy atom. The average molecular weight is 515 g/mol. The zero-order valence-electron chi connectivity index (χ0n) is 23.1. The van der Waals surface area contributed by atoms with Gasteiger partial charge in [0.15, 0.2) is 0 Å². The maximum absolute atomic E-state index is 13.4. The first-order valence-electron chi connectivity index (χ1n) is 13.9. The number of carbonyl (C=O) groups excluding carboxylic acids is 1. The van der Waals surface area contributed by atoms with Crippen LogP contribution in [0.25, 0.3) is 0 Å². The fourth-order valence-electron chi connectivity index (χ4n) is 4.96. The maximum Gasteiger partial charge on any atom is 0.412 e. The molecule has 0 aromatic heterocycles. The molecule has 1 saturated heterocycles. The number of carbonyl (C=O) groups is 1. The van der Waals surface area contributed by atoms with E-state index in [4.69, 9.17) is 9.47 Å². The summed E-state index contributed by atoms with van der Waals surface area (Å²) in [5, 5.41) is 0. The minimum absolute atomic E-state index is 0.203. The van der Waals surface area contributed by atoms with E-state index in [9.17, 15) is 4.79 Å². The van der Waals surface area contributed by atoms with E-state index >= 15 is 0 Å². The van der Waals surface area contributed by atoms with Crippen molar-refractivity contribution in [2.75, 3.05) is 13.1 Å². The van der Waals surface area contributed by atoms with Crippen LogP contribution in [0.2, 0.25) is 0 Å². The highest BCUT2D eigenvalue weighted by Gasteiger charge is 2.36. The van der Waals surface area contributed by atoms with Crippen LogP contribution in [0.3, 0.4) is 0 Å². The fourth-order valence-corrected chi connectivity index (χ4v) is 4.96. The molecule has 2 atom stereocenters. The molecule has 5 nitrogen and oxygen atoms in total. The number of rotatable bonds is 10. The highest BCUT2D eigenvalue weighted by molar-refractivity contribution is 5.67. The monoisotopic (exact) mass is 514 g/mol. The van der Waals surface area contributed by atoms with E-state index in [-0.39, 0.29) is 12.1 Å². The van der Waals surface area contributed by atoms with Crippen LogP contribution in [0.1, 0.15) is 56.7 Å². The first-order chi connectivity index (χ1) is 18.4. The standard InChI is InChI=1S/C33H42N2O3/c1-33(2,3)38-31(37-32(36)34-22-14-7-15-23-34)30(24-27-16-8-4-9-17-27)35(25-28-18-10-5-11-19-28)26-29-20-12-6-13-21-29/h4-6,8-13,16-21,30-31H,7,14-15,22-26H2,1-3H3. The Hall–Kier alpha value is -3.15. The smallest absolute Gasteiger partial charge is 0.412 e. The SMILES string of the molecule is CC(C)(C)OC(OC(=O)N1CCCCC1)C(Cc1ccccc1)N(Cc1ccccc1)Cc1ccccc1.